The first-order valence-electron chi connectivity index (χ1n) is 6.75. The van der Waals surface area contributed by atoms with Crippen molar-refractivity contribution in [3.8, 4) is 0 Å². The Morgan fingerprint density at radius 2 is 2.00 bits per heavy atom. The highest BCUT2D eigenvalue weighted by molar-refractivity contribution is 5.93. The van der Waals surface area contributed by atoms with Gasteiger partial charge in [-0.2, -0.15) is 0 Å². The molecule has 5 nitrogen and oxygen atoms in total. The maximum atomic E-state index is 11.8. The molecular formula is C16H18N2O3. The molecule has 0 saturated heterocycles. The number of rotatable bonds is 5. The summed E-state index contributed by atoms with van der Waals surface area (Å²) in [6.07, 6.45) is 1.64. The Kier molecular flexibility index (Phi) is 4.77. The molecule has 2 amide bonds. The summed E-state index contributed by atoms with van der Waals surface area (Å²) < 4.78 is 4.96. The highest BCUT2D eigenvalue weighted by Crippen LogP contribution is 2.16. The maximum absolute atomic E-state index is 11.8. The Morgan fingerprint density at radius 1 is 1.19 bits per heavy atom. The second kappa shape index (κ2) is 6.74. The highest BCUT2D eigenvalue weighted by Gasteiger charge is 2.09. The molecule has 0 radical (unpaired) electrons. The maximum Gasteiger partial charge on any atom is 0.286 e. The van der Waals surface area contributed by atoms with E-state index < -0.39 is 0 Å². The number of carbonyl (C=O) groups is 2. The van der Waals surface area contributed by atoms with Gasteiger partial charge < -0.3 is 15.1 Å². The molecule has 0 spiro atoms. The van der Waals surface area contributed by atoms with E-state index in [2.05, 4.69) is 10.6 Å². The quantitative estimate of drug-likeness (QED) is 0.887. The molecule has 1 aromatic carbocycles. The molecule has 0 atom stereocenters. The Labute approximate surface area is 123 Å². The van der Waals surface area contributed by atoms with Crippen molar-refractivity contribution in [3.63, 3.8) is 0 Å². The summed E-state index contributed by atoms with van der Waals surface area (Å²) in [7, 11) is 0. The van der Waals surface area contributed by atoms with Crippen molar-refractivity contribution in [3.05, 3.63) is 53.5 Å². The van der Waals surface area contributed by atoms with Crippen LogP contribution in [0.1, 0.15) is 28.1 Å². The van der Waals surface area contributed by atoms with Crippen LogP contribution in [0.25, 0.3) is 0 Å². The fourth-order valence-corrected chi connectivity index (χ4v) is 1.95. The average Bonchev–Trinajstić information content (AvgIpc) is 2.96. The van der Waals surface area contributed by atoms with E-state index in [0.717, 1.165) is 16.8 Å². The first-order valence-corrected chi connectivity index (χ1v) is 6.75. The standard InChI is InChI=1S/C16H18N2O3/c1-11-5-6-13(12(2)10-11)18-15(19)7-8-17-16(20)14-4-3-9-21-14/h3-6,9-10H,7-8H2,1-2H3,(H,17,20)(H,18,19). The summed E-state index contributed by atoms with van der Waals surface area (Å²) in [6, 6.07) is 9.05. The zero-order valence-corrected chi connectivity index (χ0v) is 12.1. The first kappa shape index (κ1) is 14.8. The van der Waals surface area contributed by atoms with Crippen molar-refractivity contribution in [2.24, 2.45) is 0 Å². The number of amides is 2. The molecule has 0 aliphatic heterocycles. The Morgan fingerprint density at radius 3 is 2.67 bits per heavy atom. The summed E-state index contributed by atoms with van der Waals surface area (Å²) in [6.45, 7) is 4.21. The van der Waals surface area contributed by atoms with E-state index in [9.17, 15) is 9.59 Å². The smallest absolute Gasteiger partial charge is 0.286 e. The van der Waals surface area contributed by atoms with Crippen molar-refractivity contribution in [1.29, 1.82) is 0 Å². The van der Waals surface area contributed by atoms with Crippen molar-refractivity contribution in [2.45, 2.75) is 20.3 Å². The van der Waals surface area contributed by atoms with E-state index in [1.165, 1.54) is 6.26 Å². The third-order valence-electron chi connectivity index (χ3n) is 3.04. The van der Waals surface area contributed by atoms with Gasteiger partial charge in [-0.05, 0) is 37.6 Å². The van der Waals surface area contributed by atoms with Gasteiger partial charge >= 0.3 is 0 Å². The van der Waals surface area contributed by atoms with Gasteiger partial charge in [0.2, 0.25) is 5.91 Å². The predicted molar refractivity (Wildman–Crippen MR) is 80.2 cm³/mol. The second-order valence-electron chi connectivity index (χ2n) is 4.85. The molecule has 2 rings (SSSR count). The number of anilines is 1. The summed E-state index contributed by atoms with van der Waals surface area (Å²) in [4.78, 5) is 23.4. The predicted octanol–water partition coefficient (Wildman–Crippen LogP) is 2.66. The number of carbonyl (C=O) groups excluding carboxylic acids is 2. The molecule has 1 heterocycles. The average molecular weight is 286 g/mol. The van der Waals surface area contributed by atoms with Crippen molar-refractivity contribution < 1.29 is 14.0 Å². The number of nitrogens with one attached hydrogen (secondary N) is 2. The second-order valence-corrected chi connectivity index (χ2v) is 4.85. The zero-order chi connectivity index (χ0) is 15.2. The minimum absolute atomic E-state index is 0.137. The number of aryl methyl sites for hydroxylation is 2. The van der Waals surface area contributed by atoms with Crippen LogP contribution in [0.4, 0.5) is 5.69 Å². The molecule has 0 fully saturated rings. The third-order valence-corrected chi connectivity index (χ3v) is 3.04. The van der Waals surface area contributed by atoms with Crippen molar-refractivity contribution in [1.82, 2.24) is 5.32 Å². The SMILES string of the molecule is Cc1ccc(NC(=O)CCNC(=O)c2ccco2)c(C)c1. The van der Waals surface area contributed by atoms with Crippen LogP contribution < -0.4 is 10.6 Å². The van der Waals surface area contributed by atoms with Crippen LogP contribution in [0, 0.1) is 13.8 Å². The van der Waals surface area contributed by atoms with E-state index in [4.69, 9.17) is 4.42 Å². The van der Waals surface area contributed by atoms with Crippen LogP contribution in [-0.4, -0.2) is 18.4 Å². The molecule has 5 heteroatoms. The molecule has 21 heavy (non-hydrogen) atoms. The molecule has 0 aliphatic rings. The van der Waals surface area contributed by atoms with Gasteiger partial charge in [-0.15, -0.1) is 0 Å². The Balaban J connectivity index is 1.78. The van der Waals surface area contributed by atoms with Gasteiger partial charge in [-0.25, -0.2) is 0 Å². The summed E-state index contributed by atoms with van der Waals surface area (Å²) >= 11 is 0. The fraction of sp³-hybridized carbons (Fsp3) is 0.250. The van der Waals surface area contributed by atoms with Crippen molar-refractivity contribution in [2.75, 3.05) is 11.9 Å². The van der Waals surface area contributed by atoms with E-state index in [1.54, 1.807) is 12.1 Å². The van der Waals surface area contributed by atoms with Gasteiger partial charge in [0.15, 0.2) is 5.76 Å². The van der Waals surface area contributed by atoms with Crippen molar-refractivity contribution >= 4 is 17.5 Å². The van der Waals surface area contributed by atoms with E-state index in [1.807, 2.05) is 32.0 Å². The van der Waals surface area contributed by atoms with Gasteiger partial charge in [0.1, 0.15) is 0 Å². The minimum atomic E-state index is -0.320. The largest absolute Gasteiger partial charge is 0.459 e. The molecule has 2 N–H and O–H groups in total. The molecule has 0 bridgehead atoms. The highest BCUT2D eigenvalue weighted by atomic mass is 16.3. The topological polar surface area (TPSA) is 71.3 Å². The van der Waals surface area contributed by atoms with Gasteiger partial charge in [0.05, 0.1) is 6.26 Å². The monoisotopic (exact) mass is 286 g/mol. The van der Waals surface area contributed by atoms with Crippen LogP contribution in [-0.2, 0) is 4.79 Å². The molecule has 110 valence electrons. The fourth-order valence-electron chi connectivity index (χ4n) is 1.95. The lowest BCUT2D eigenvalue weighted by Crippen LogP contribution is -2.27. The molecule has 2 aromatic rings. The normalized spacial score (nSPS) is 10.2. The summed E-state index contributed by atoms with van der Waals surface area (Å²) in [5.41, 5.74) is 2.96. The van der Waals surface area contributed by atoms with Gasteiger partial charge in [-0.3, -0.25) is 9.59 Å². The van der Waals surface area contributed by atoms with E-state index in [-0.39, 0.29) is 30.5 Å². The number of benzene rings is 1. The summed E-state index contributed by atoms with van der Waals surface area (Å²) in [5, 5.41) is 5.46. The first-order chi connectivity index (χ1) is 10.1. The van der Waals surface area contributed by atoms with Crippen LogP contribution >= 0.6 is 0 Å². The molecule has 0 aliphatic carbocycles. The molecule has 1 aromatic heterocycles. The lowest BCUT2D eigenvalue weighted by Gasteiger charge is -2.09. The Hall–Kier alpha value is -2.56. The Bertz CT molecular complexity index is 633. The van der Waals surface area contributed by atoms with Gasteiger partial charge in [0, 0.05) is 18.7 Å². The van der Waals surface area contributed by atoms with Crippen LogP contribution in [0.3, 0.4) is 0 Å². The zero-order valence-electron chi connectivity index (χ0n) is 12.1. The van der Waals surface area contributed by atoms with E-state index >= 15 is 0 Å². The lowest BCUT2D eigenvalue weighted by atomic mass is 10.1. The minimum Gasteiger partial charge on any atom is -0.459 e. The summed E-state index contributed by atoms with van der Waals surface area (Å²) in [5.74, 6) is -0.217. The van der Waals surface area contributed by atoms with Crippen LogP contribution in [0.5, 0.6) is 0 Å². The van der Waals surface area contributed by atoms with Crippen LogP contribution in [0.15, 0.2) is 41.0 Å². The molecule has 0 saturated carbocycles. The number of hydrogen-bond acceptors (Lipinski definition) is 3. The number of hydrogen-bond donors (Lipinski definition) is 2. The third kappa shape index (κ3) is 4.21. The van der Waals surface area contributed by atoms with Gasteiger partial charge in [-0.1, -0.05) is 17.7 Å². The molecular weight excluding hydrogens is 268 g/mol. The lowest BCUT2D eigenvalue weighted by molar-refractivity contribution is -0.116. The molecule has 0 unspecified atom stereocenters. The van der Waals surface area contributed by atoms with E-state index in [0.29, 0.717) is 0 Å². The van der Waals surface area contributed by atoms with Gasteiger partial charge in [0.25, 0.3) is 5.91 Å². The van der Waals surface area contributed by atoms with Crippen LogP contribution in [0.2, 0.25) is 0 Å². The number of furan rings is 1.